The molecule has 0 heterocycles. The zero-order valence-corrected chi connectivity index (χ0v) is 13.7. The van der Waals surface area contributed by atoms with Gasteiger partial charge in [0, 0.05) is 0 Å². The summed E-state index contributed by atoms with van der Waals surface area (Å²) >= 11 is 0. The summed E-state index contributed by atoms with van der Waals surface area (Å²) in [6, 6.07) is 0. The van der Waals surface area contributed by atoms with Crippen molar-refractivity contribution in [2.24, 2.45) is 5.92 Å². The lowest BCUT2D eigenvalue weighted by atomic mass is 10.1. The predicted octanol–water partition coefficient (Wildman–Crippen LogP) is 3.74. The Morgan fingerprint density at radius 3 is 2.39 bits per heavy atom. The molecule has 0 N–H and O–H groups in total. The fraction of sp³-hybridized carbons (Fsp3) is 0.929. The lowest BCUT2D eigenvalue weighted by Gasteiger charge is -2.39. The zero-order valence-electron chi connectivity index (χ0n) is 12.7. The molecule has 1 aliphatic rings. The van der Waals surface area contributed by atoms with Gasteiger partial charge in [-0.2, -0.15) is 0 Å². The summed E-state index contributed by atoms with van der Waals surface area (Å²) in [4.78, 5) is 11.9. The van der Waals surface area contributed by atoms with E-state index in [0.717, 1.165) is 19.3 Å². The third kappa shape index (κ3) is 3.57. The minimum Gasteiger partial charge on any atom is -0.466 e. The highest BCUT2D eigenvalue weighted by atomic mass is 28.4. The molecule has 1 fully saturated rings. The van der Waals surface area contributed by atoms with Crippen LogP contribution < -0.4 is 0 Å². The quantitative estimate of drug-likeness (QED) is 0.577. The largest absolute Gasteiger partial charge is 0.466 e. The van der Waals surface area contributed by atoms with Crippen LogP contribution in [-0.4, -0.2) is 27.0 Å². The maximum atomic E-state index is 11.9. The molecular weight excluding hydrogens is 244 g/mol. The molecule has 0 aromatic carbocycles. The summed E-state index contributed by atoms with van der Waals surface area (Å²) in [7, 11) is -1.79. The van der Waals surface area contributed by atoms with Crippen LogP contribution in [0.4, 0.5) is 0 Å². The monoisotopic (exact) mass is 272 g/mol. The van der Waals surface area contributed by atoms with Gasteiger partial charge in [-0.3, -0.25) is 4.79 Å². The Hall–Kier alpha value is -0.353. The molecule has 2 atom stereocenters. The third-order valence-electron chi connectivity index (χ3n) is 4.29. The van der Waals surface area contributed by atoms with Crippen molar-refractivity contribution in [3.63, 3.8) is 0 Å². The molecule has 1 saturated carbocycles. The predicted molar refractivity (Wildman–Crippen MR) is 76.0 cm³/mol. The summed E-state index contributed by atoms with van der Waals surface area (Å²) in [6.45, 7) is 13.5. The highest BCUT2D eigenvalue weighted by Crippen LogP contribution is 2.41. The summed E-state index contributed by atoms with van der Waals surface area (Å²) in [5, 5.41) is 0.189. The van der Waals surface area contributed by atoms with Gasteiger partial charge in [0.25, 0.3) is 0 Å². The lowest BCUT2D eigenvalue weighted by molar-refractivity contribution is -0.150. The Morgan fingerprint density at radius 1 is 1.28 bits per heavy atom. The van der Waals surface area contributed by atoms with Gasteiger partial charge in [-0.25, -0.2) is 0 Å². The van der Waals surface area contributed by atoms with Crippen LogP contribution in [0.5, 0.6) is 0 Å². The molecule has 0 aromatic rings. The zero-order chi connectivity index (χ0) is 14.0. The molecule has 0 radical (unpaired) electrons. The average molecular weight is 272 g/mol. The first-order valence-electron chi connectivity index (χ1n) is 7.03. The van der Waals surface area contributed by atoms with E-state index in [0.29, 0.717) is 6.61 Å². The topological polar surface area (TPSA) is 35.5 Å². The first kappa shape index (κ1) is 15.7. The van der Waals surface area contributed by atoms with Gasteiger partial charge in [-0.15, -0.1) is 0 Å². The van der Waals surface area contributed by atoms with Crippen LogP contribution in [0.1, 0.15) is 47.0 Å². The molecule has 0 bridgehead atoms. The molecule has 18 heavy (non-hydrogen) atoms. The first-order valence-corrected chi connectivity index (χ1v) is 9.94. The minimum absolute atomic E-state index is 0.0425. The van der Waals surface area contributed by atoms with Crippen LogP contribution in [-0.2, 0) is 14.0 Å². The van der Waals surface area contributed by atoms with Gasteiger partial charge in [0.1, 0.15) is 0 Å². The average Bonchev–Trinajstić information content (AvgIpc) is 2.63. The highest BCUT2D eigenvalue weighted by Gasteiger charge is 2.43. The number of rotatable bonds is 4. The summed E-state index contributed by atoms with van der Waals surface area (Å²) in [5.41, 5.74) is 0. The number of ether oxygens (including phenoxy) is 1. The van der Waals surface area contributed by atoms with Crippen LogP contribution in [0.2, 0.25) is 18.1 Å². The molecule has 0 aliphatic heterocycles. The first-order chi connectivity index (χ1) is 8.19. The highest BCUT2D eigenvalue weighted by molar-refractivity contribution is 6.74. The van der Waals surface area contributed by atoms with Gasteiger partial charge in [0.15, 0.2) is 8.32 Å². The van der Waals surface area contributed by atoms with Crippen molar-refractivity contribution in [2.45, 2.75) is 71.2 Å². The van der Waals surface area contributed by atoms with Crippen LogP contribution in [0, 0.1) is 5.92 Å². The van der Waals surface area contributed by atoms with Crippen molar-refractivity contribution in [2.75, 3.05) is 6.61 Å². The molecule has 1 aliphatic carbocycles. The number of carbonyl (C=O) groups is 1. The van der Waals surface area contributed by atoms with Gasteiger partial charge < -0.3 is 9.16 Å². The molecule has 0 spiro atoms. The van der Waals surface area contributed by atoms with Crippen molar-refractivity contribution in [3.05, 3.63) is 0 Å². The Kier molecular flexibility index (Phi) is 5.01. The molecular formula is C14H28O3Si. The smallest absolute Gasteiger partial charge is 0.311 e. The number of hydrogen-bond donors (Lipinski definition) is 0. The number of hydrogen-bond acceptors (Lipinski definition) is 3. The van der Waals surface area contributed by atoms with Crippen molar-refractivity contribution < 1.29 is 14.0 Å². The van der Waals surface area contributed by atoms with Crippen molar-refractivity contribution in [1.29, 1.82) is 0 Å². The second kappa shape index (κ2) is 5.74. The Morgan fingerprint density at radius 2 is 1.89 bits per heavy atom. The minimum atomic E-state index is -1.79. The number of carbonyl (C=O) groups excluding carboxylic acids is 1. The van der Waals surface area contributed by atoms with E-state index in [1.54, 1.807) is 0 Å². The van der Waals surface area contributed by atoms with E-state index >= 15 is 0 Å². The molecule has 0 saturated heterocycles. The van der Waals surface area contributed by atoms with Gasteiger partial charge in [0.05, 0.1) is 18.6 Å². The standard InChI is InChI=1S/C14H28O3Si/c1-7-16-13(15)11-9-8-10-12(11)17-18(5,6)14(2,3)4/h11-12H,7-10H2,1-6H3/t11-,12+/m0/s1. The van der Waals surface area contributed by atoms with Crippen molar-refractivity contribution >= 4 is 14.3 Å². The van der Waals surface area contributed by atoms with E-state index in [-0.39, 0.29) is 23.0 Å². The van der Waals surface area contributed by atoms with Gasteiger partial charge in [-0.05, 0) is 44.3 Å². The summed E-state index contributed by atoms with van der Waals surface area (Å²) in [5.74, 6) is -0.113. The van der Waals surface area contributed by atoms with Gasteiger partial charge in [-0.1, -0.05) is 20.8 Å². The van der Waals surface area contributed by atoms with E-state index in [9.17, 15) is 4.79 Å². The van der Waals surface area contributed by atoms with Crippen LogP contribution in [0.3, 0.4) is 0 Å². The van der Waals surface area contributed by atoms with Crippen LogP contribution in [0.25, 0.3) is 0 Å². The molecule has 0 amide bonds. The van der Waals surface area contributed by atoms with Gasteiger partial charge >= 0.3 is 5.97 Å². The van der Waals surface area contributed by atoms with E-state index < -0.39 is 8.32 Å². The molecule has 3 nitrogen and oxygen atoms in total. The van der Waals surface area contributed by atoms with Crippen LogP contribution in [0.15, 0.2) is 0 Å². The second-order valence-corrected chi connectivity index (χ2v) is 11.5. The summed E-state index contributed by atoms with van der Waals surface area (Å²) < 4.78 is 11.5. The number of esters is 1. The SMILES string of the molecule is CCOC(=O)[C@H]1CCC[C@H]1O[Si](C)(C)C(C)(C)C. The fourth-order valence-electron chi connectivity index (χ4n) is 2.14. The normalized spacial score (nSPS) is 25.2. The third-order valence-corrected chi connectivity index (χ3v) is 8.80. The molecule has 0 unspecified atom stereocenters. The van der Waals surface area contributed by atoms with E-state index in [4.69, 9.17) is 9.16 Å². The Balaban J connectivity index is 2.69. The molecule has 4 heteroatoms. The van der Waals surface area contributed by atoms with E-state index in [2.05, 4.69) is 33.9 Å². The lowest BCUT2D eigenvalue weighted by Crippen LogP contribution is -2.45. The van der Waals surface area contributed by atoms with E-state index in [1.165, 1.54) is 0 Å². The summed E-state index contributed by atoms with van der Waals surface area (Å²) in [6.07, 6.45) is 3.06. The fourth-order valence-corrected chi connectivity index (χ4v) is 3.53. The van der Waals surface area contributed by atoms with Crippen molar-refractivity contribution in [1.82, 2.24) is 0 Å². The van der Waals surface area contributed by atoms with E-state index in [1.807, 2.05) is 6.92 Å². The maximum absolute atomic E-state index is 11.9. The van der Waals surface area contributed by atoms with Gasteiger partial charge in [0.2, 0.25) is 0 Å². The molecule has 0 aromatic heterocycles. The Bertz CT molecular complexity index is 294. The van der Waals surface area contributed by atoms with Crippen molar-refractivity contribution in [3.8, 4) is 0 Å². The Labute approximate surface area is 112 Å². The maximum Gasteiger partial charge on any atom is 0.311 e. The second-order valence-electron chi connectivity index (χ2n) is 6.71. The molecule has 1 rings (SSSR count). The molecule has 106 valence electrons. The van der Waals surface area contributed by atoms with Crippen LogP contribution >= 0.6 is 0 Å².